The van der Waals surface area contributed by atoms with E-state index in [0.717, 1.165) is 18.4 Å². The number of hydrogen-bond donors (Lipinski definition) is 0. The summed E-state index contributed by atoms with van der Waals surface area (Å²) in [5, 5.41) is 9.99. The van der Waals surface area contributed by atoms with E-state index in [1.807, 2.05) is 17.0 Å². The molecule has 0 aromatic heterocycles. The summed E-state index contributed by atoms with van der Waals surface area (Å²) in [5.41, 5.74) is 2.35. The Bertz CT molecular complexity index is 1000. The Morgan fingerprint density at radius 3 is 2.46 bits per heavy atom. The number of hydrogen-bond acceptors (Lipinski definition) is 3. The standard InChI is InChI=1S/C22H18Cl2N2O2/c1-28-20-19(16-9-17(23)11-18(24)10-16)21(27)26-8-2-7-22(20,26)12-14-3-5-15(13-25)6-4-14/h3-6,9-11H,2,7-8,12H2,1H3. The molecule has 0 saturated carbocycles. The molecule has 2 aromatic carbocycles. The van der Waals surface area contributed by atoms with Crippen LogP contribution in [0.4, 0.5) is 0 Å². The normalized spacial score (nSPS) is 21.1. The fraction of sp³-hybridized carbons (Fsp3) is 0.273. The number of amides is 1. The molecule has 1 unspecified atom stereocenters. The van der Waals surface area contributed by atoms with Gasteiger partial charge in [-0.2, -0.15) is 5.26 Å². The first kappa shape index (κ1) is 18.9. The predicted octanol–water partition coefficient (Wildman–Crippen LogP) is 4.84. The summed E-state index contributed by atoms with van der Waals surface area (Å²) in [6.07, 6.45) is 2.36. The third-order valence-electron chi connectivity index (χ3n) is 5.53. The third kappa shape index (κ3) is 2.96. The van der Waals surface area contributed by atoms with Crippen molar-refractivity contribution in [2.24, 2.45) is 0 Å². The summed E-state index contributed by atoms with van der Waals surface area (Å²) in [5.74, 6) is 0.610. The van der Waals surface area contributed by atoms with Gasteiger partial charge in [0.25, 0.3) is 5.91 Å². The van der Waals surface area contributed by atoms with E-state index in [-0.39, 0.29) is 5.91 Å². The molecule has 6 heteroatoms. The van der Waals surface area contributed by atoms with E-state index in [0.29, 0.717) is 45.5 Å². The molecule has 1 saturated heterocycles. The smallest absolute Gasteiger partial charge is 0.258 e. The van der Waals surface area contributed by atoms with Crippen molar-refractivity contribution in [3.8, 4) is 6.07 Å². The molecule has 2 heterocycles. The van der Waals surface area contributed by atoms with E-state index in [9.17, 15) is 4.79 Å². The second kappa shape index (κ2) is 7.16. The lowest BCUT2D eigenvalue weighted by Gasteiger charge is -2.34. The minimum absolute atomic E-state index is 0.0543. The van der Waals surface area contributed by atoms with E-state index in [1.165, 1.54) is 0 Å². The maximum atomic E-state index is 13.3. The van der Waals surface area contributed by atoms with Gasteiger partial charge in [-0.1, -0.05) is 35.3 Å². The Hall–Kier alpha value is -2.48. The lowest BCUT2D eigenvalue weighted by Crippen LogP contribution is -2.45. The van der Waals surface area contributed by atoms with Gasteiger partial charge >= 0.3 is 0 Å². The Balaban J connectivity index is 1.83. The van der Waals surface area contributed by atoms with Crippen LogP contribution in [0.3, 0.4) is 0 Å². The van der Waals surface area contributed by atoms with Crippen molar-refractivity contribution >= 4 is 34.7 Å². The van der Waals surface area contributed by atoms with Crippen LogP contribution in [0.1, 0.15) is 29.5 Å². The van der Waals surface area contributed by atoms with Crippen molar-refractivity contribution in [2.75, 3.05) is 13.7 Å². The zero-order valence-electron chi connectivity index (χ0n) is 15.3. The second-order valence-corrected chi connectivity index (χ2v) is 8.02. The maximum absolute atomic E-state index is 13.3. The topological polar surface area (TPSA) is 53.3 Å². The van der Waals surface area contributed by atoms with Crippen molar-refractivity contribution < 1.29 is 9.53 Å². The Kier molecular flexibility index (Phi) is 4.82. The van der Waals surface area contributed by atoms with Gasteiger partial charge in [-0.3, -0.25) is 4.79 Å². The fourth-order valence-corrected chi connectivity index (χ4v) is 4.95. The van der Waals surface area contributed by atoms with Crippen LogP contribution in [0.2, 0.25) is 10.0 Å². The van der Waals surface area contributed by atoms with Gasteiger partial charge in [-0.25, -0.2) is 0 Å². The monoisotopic (exact) mass is 412 g/mol. The highest BCUT2D eigenvalue weighted by Crippen LogP contribution is 2.49. The van der Waals surface area contributed by atoms with Crippen LogP contribution >= 0.6 is 23.2 Å². The maximum Gasteiger partial charge on any atom is 0.258 e. The van der Waals surface area contributed by atoms with E-state index in [1.54, 1.807) is 37.4 Å². The summed E-state index contributed by atoms with van der Waals surface area (Å²) in [6.45, 7) is 0.680. The predicted molar refractivity (Wildman–Crippen MR) is 109 cm³/mol. The minimum Gasteiger partial charge on any atom is -0.498 e. The van der Waals surface area contributed by atoms with E-state index in [2.05, 4.69) is 6.07 Å². The van der Waals surface area contributed by atoms with Crippen LogP contribution in [0, 0.1) is 11.3 Å². The van der Waals surface area contributed by atoms with Crippen LogP contribution in [0.15, 0.2) is 48.2 Å². The molecule has 2 aromatic rings. The average Bonchev–Trinajstić information content (AvgIpc) is 3.18. The molecule has 2 aliphatic rings. The lowest BCUT2D eigenvalue weighted by atomic mass is 9.86. The molecule has 0 N–H and O–H groups in total. The van der Waals surface area contributed by atoms with Gasteiger partial charge in [0.15, 0.2) is 0 Å². The minimum atomic E-state index is -0.524. The Labute approximate surface area is 173 Å². The summed E-state index contributed by atoms with van der Waals surface area (Å²) in [7, 11) is 1.61. The number of rotatable bonds is 4. The first-order chi connectivity index (χ1) is 13.5. The highest BCUT2D eigenvalue weighted by Gasteiger charge is 2.55. The Morgan fingerprint density at radius 1 is 1.18 bits per heavy atom. The van der Waals surface area contributed by atoms with Crippen LogP contribution in [-0.2, 0) is 16.0 Å². The zero-order chi connectivity index (χ0) is 19.9. The summed E-state index contributed by atoms with van der Waals surface area (Å²) in [6, 6.07) is 14.8. The quantitative estimate of drug-likeness (QED) is 0.721. The van der Waals surface area contributed by atoms with Crippen molar-refractivity contribution in [2.45, 2.75) is 24.8 Å². The number of nitrogens with zero attached hydrogens (tertiary/aromatic N) is 2. The number of benzene rings is 2. The molecular weight excluding hydrogens is 395 g/mol. The van der Waals surface area contributed by atoms with Gasteiger partial charge in [-0.05, 0) is 54.3 Å². The molecule has 0 radical (unpaired) electrons. The number of carbonyl (C=O) groups excluding carboxylic acids is 1. The zero-order valence-corrected chi connectivity index (χ0v) is 16.8. The third-order valence-corrected chi connectivity index (χ3v) is 5.97. The van der Waals surface area contributed by atoms with Crippen LogP contribution in [-0.4, -0.2) is 30.0 Å². The first-order valence-corrected chi connectivity index (χ1v) is 9.80. The number of ether oxygens (including phenoxy) is 1. The van der Waals surface area contributed by atoms with Crippen LogP contribution in [0.25, 0.3) is 5.57 Å². The number of nitriles is 1. The number of halogens is 2. The highest BCUT2D eigenvalue weighted by molar-refractivity contribution is 6.35. The average molecular weight is 413 g/mol. The summed E-state index contributed by atoms with van der Waals surface area (Å²) < 4.78 is 5.84. The Morgan fingerprint density at radius 2 is 1.86 bits per heavy atom. The molecule has 1 amide bonds. The van der Waals surface area contributed by atoms with Gasteiger partial charge in [0.05, 0.1) is 24.3 Å². The molecule has 1 atom stereocenters. The van der Waals surface area contributed by atoms with Gasteiger partial charge in [-0.15, -0.1) is 0 Å². The van der Waals surface area contributed by atoms with E-state index < -0.39 is 5.54 Å². The molecule has 1 fully saturated rings. The van der Waals surface area contributed by atoms with Gasteiger partial charge in [0, 0.05) is 23.0 Å². The summed E-state index contributed by atoms with van der Waals surface area (Å²) >= 11 is 12.4. The molecule has 0 aliphatic carbocycles. The number of methoxy groups -OCH3 is 1. The molecule has 142 valence electrons. The van der Waals surface area contributed by atoms with E-state index >= 15 is 0 Å². The number of carbonyl (C=O) groups is 1. The van der Waals surface area contributed by atoms with Crippen molar-refractivity contribution in [3.63, 3.8) is 0 Å². The summed E-state index contributed by atoms with van der Waals surface area (Å²) in [4.78, 5) is 15.2. The van der Waals surface area contributed by atoms with Crippen molar-refractivity contribution in [1.29, 1.82) is 5.26 Å². The van der Waals surface area contributed by atoms with E-state index in [4.69, 9.17) is 33.2 Å². The first-order valence-electron chi connectivity index (χ1n) is 9.05. The molecule has 0 bridgehead atoms. The van der Waals surface area contributed by atoms with Crippen molar-refractivity contribution in [1.82, 2.24) is 4.90 Å². The van der Waals surface area contributed by atoms with Gasteiger partial charge in [0.1, 0.15) is 11.3 Å². The second-order valence-electron chi connectivity index (χ2n) is 7.14. The largest absolute Gasteiger partial charge is 0.498 e. The molecule has 4 nitrogen and oxygen atoms in total. The van der Waals surface area contributed by atoms with Crippen LogP contribution in [0.5, 0.6) is 0 Å². The number of fused-ring (bicyclic) bond motifs is 1. The SMILES string of the molecule is COC1=C(c2cc(Cl)cc(Cl)c2)C(=O)N2CCCC12Cc1ccc(C#N)cc1. The van der Waals surface area contributed by atoms with Gasteiger partial charge < -0.3 is 9.64 Å². The fourth-order valence-electron chi connectivity index (χ4n) is 4.42. The lowest BCUT2D eigenvalue weighted by molar-refractivity contribution is -0.126. The highest BCUT2D eigenvalue weighted by atomic mass is 35.5. The molecule has 4 rings (SSSR count). The molecule has 2 aliphatic heterocycles. The van der Waals surface area contributed by atoms with Crippen LogP contribution < -0.4 is 0 Å². The molecule has 28 heavy (non-hydrogen) atoms. The van der Waals surface area contributed by atoms with Gasteiger partial charge in [0.2, 0.25) is 0 Å². The molecular formula is C22H18Cl2N2O2. The molecule has 0 spiro atoms. The van der Waals surface area contributed by atoms with Crippen molar-refractivity contribution in [3.05, 3.63) is 75.0 Å².